The maximum Gasteiger partial charge on any atom is 0.234 e. The first-order chi connectivity index (χ1) is 8.76. The van der Waals surface area contributed by atoms with Gasteiger partial charge in [-0.1, -0.05) is 31.2 Å². The zero-order valence-electron chi connectivity index (χ0n) is 11.2. The van der Waals surface area contributed by atoms with E-state index in [0.717, 1.165) is 12.0 Å². The Morgan fingerprint density at radius 3 is 2.50 bits per heavy atom. The van der Waals surface area contributed by atoms with Crippen LogP contribution in [0.2, 0.25) is 0 Å². The fourth-order valence-electron chi connectivity index (χ4n) is 1.53. The smallest absolute Gasteiger partial charge is 0.234 e. The molecule has 0 spiro atoms. The van der Waals surface area contributed by atoms with Gasteiger partial charge in [-0.05, 0) is 17.5 Å². The van der Waals surface area contributed by atoms with E-state index in [0.29, 0.717) is 26.2 Å². The molecule has 0 fully saturated rings. The van der Waals surface area contributed by atoms with E-state index in [1.165, 1.54) is 5.56 Å². The molecule has 0 aliphatic carbocycles. The number of rotatable bonds is 8. The van der Waals surface area contributed by atoms with Gasteiger partial charge in [0.15, 0.2) is 0 Å². The zero-order valence-corrected chi connectivity index (χ0v) is 11.2. The van der Waals surface area contributed by atoms with E-state index in [4.69, 9.17) is 4.74 Å². The maximum absolute atomic E-state index is 11.5. The Labute approximate surface area is 109 Å². The minimum Gasteiger partial charge on any atom is -0.383 e. The first-order valence-electron chi connectivity index (χ1n) is 6.30. The first-order valence-corrected chi connectivity index (χ1v) is 6.30. The molecule has 1 rings (SSSR count). The summed E-state index contributed by atoms with van der Waals surface area (Å²) in [4.78, 5) is 11.5. The van der Waals surface area contributed by atoms with Crippen LogP contribution in [0.4, 0.5) is 0 Å². The topological polar surface area (TPSA) is 50.4 Å². The number of hydrogen-bond donors (Lipinski definition) is 2. The Balaban J connectivity index is 2.20. The molecule has 0 saturated heterocycles. The van der Waals surface area contributed by atoms with E-state index >= 15 is 0 Å². The number of benzene rings is 1. The van der Waals surface area contributed by atoms with Crippen LogP contribution in [0.1, 0.15) is 18.1 Å². The fourth-order valence-corrected chi connectivity index (χ4v) is 1.53. The molecule has 0 unspecified atom stereocenters. The standard InChI is InChI=1S/C14H22N2O2/c1-3-12-4-6-13(7-5-12)10-16-14(17)11-15-8-9-18-2/h4-7,15H,3,8-11H2,1-2H3,(H,16,17). The van der Waals surface area contributed by atoms with E-state index in [-0.39, 0.29) is 5.91 Å². The number of methoxy groups -OCH3 is 1. The predicted molar refractivity (Wildman–Crippen MR) is 72.4 cm³/mol. The van der Waals surface area contributed by atoms with Crippen LogP contribution in [0.25, 0.3) is 0 Å². The summed E-state index contributed by atoms with van der Waals surface area (Å²) >= 11 is 0. The van der Waals surface area contributed by atoms with Crippen molar-refractivity contribution in [3.05, 3.63) is 35.4 Å². The highest BCUT2D eigenvalue weighted by Gasteiger charge is 2.00. The highest BCUT2D eigenvalue weighted by molar-refractivity contribution is 5.77. The van der Waals surface area contributed by atoms with Gasteiger partial charge in [0.2, 0.25) is 5.91 Å². The number of amides is 1. The highest BCUT2D eigenvalue weighted by Crippen LogP contribution is 2.04. The van der Waals surface area contributed by atoms with Crippen molar-refractivity contribution in [1.29, 1.82) is 0 Å². The lowest BCUT2D eigenvalue weighted by atomic mass is 10.1. The van der Waals surface area contributed by atoms with E-state index in [2.05, 4.69) is 41.8 Å². The number of aryl methyl sites for hydroxylation is 1. The third-order valence-electron chi connectivity index (χ3n) is 2.69. The molecule has 0 aliphatic heterocycles. The molecule has 0 heterocycles. The molecular formula is C14H22N2O2. The lowest BCUT2D eigenvalue weighted by molar-refractivity contribution is -0.120. The minimum atomic E-state index is 0.00525. The molecule has 0 aromatic heterocycles. The lowest BCUT2D eigenvalue weighted by Crippen LogP contribution is -2.34. The van der Waals surface area contributed by atoms with Gasteiger partial charge in [-0.2, -0.15) is 0 Å². The summed E-state index contributed by atoms with van der Waals surface area (Å²) in [7, 11) is 1.64. The zero-order chi connectivity index (χ0) is 13.2. The van der Waals surface area contributed by atoms with Gasteiger partial charge in [-0.15, -0.1) is 0 Å². The summed E-state index contributed by atoms with van der Waals surface area (Å²) in [5.41, 5.74) is 2.43. The predicted octanol–water partition coefficient (Wildman–Crippen LogP) is 1.10. The van der Waals surface area contributed by atoms with Gasteiger partial charge < -0.3 is 15.4 Å². The van der Waals surface area contributed by atoms with Crippen LogP contribution in [0.15, 0.2) is 24.3 Å². The highest BCUT2D eigenvalue weighted by atomic mass is 16.5. The monoisotopic (exact) mass is 250 g/mol. The van der Waals surface area contributed by atoms with E-state index in [1.54, 1.807) is 7.11 Å². The van der Waals surface area contributed by atoms with E-state index in [9.17, 15) is 4.79 Å². The van der Waals surface area contributed by atoms with Crippen molar-refractivity contribution in [3.8, 4) is 0 Å². The third-order valence-corrected chi connectivity index (χ3v) is 2.69. The molecule has 4 nitrogen and oxygen atoms in total. The lowest BCUT2D eigenvalue weighted by Gasteiger charge is -2.07. The molecule has 0 aliphatic rings. The number of nitrogens with one attached hydrogen (secondary N) is 2. The summed E-state index contributed by atoms with van der Waals surface area (Å²) in [6.45, 7) is 4.34. The number of carbonyl (C=O) groups excluding carboxylic acids is 1. The van der Waals surface area contributed by atoms with Crippen molar-refractivity contribution in [2.75, 3.05) is 26.8 Å². The first kappa shape index (κ1) is 14.7. The fraction of sp³-hybridized carbons (Fsp3) is 0.500. The Morgan fingerprint density at radius 2 is 1.89 bits per heavy atom. The SMILES string of the molecule is CCc1ccc(CNC(=O)CNCCOC)cc1. The van der Waals surface area contributed by atoms with Gasteiger partial charge in [0.25, 0.3) is 0 Å². The molecule has 1 amide bonds. The normalized spacial score (nSPS) is 10.3. The molecule has 0 bridgehead atoms. The van der Waals surface area contributed by atoms with E-state index in [1.807, 2.05) is 0 Å². The molecule has 1 aromatic carbocycles. The van der Waals surface area contributed by atoms with Gasteiger partial charge in [-0.3, -0.25) is 4.79 Å². The van der Waals surface area contributed by atoms with Crippen LogP contribution in [0.3, 0.4) is 0 Å². The summed E-state index contributed by atoms with van der Waals surface area (Å²) in [5.74, 6) is 0.00525. The van der Waals surface area contributed by atoms with Crippen LogP contribution in [-0.2, 0) is 22.5 Å². The van der Waals surface area contributed by atoms with Crippen molar-refractivity contribution in [1.82, 2.24) is 10.6 Å². The summed E-state index contributed by atoms with van der Waals surface area (Å²) in [5, 5.41) is 5.87. The van der Waals surface area contributed by atoms with Gasteiger partial charge in [0, 0.05) is 20.2 Å². The van der Waals surface area contributed by atoms with Crippen LogP contribution in [0.5, 0.6) is 0 Å². The number of carbonyl (C=O) groups is 1. The Hall–Kier alpha value is -1.39. The van der Waals surface area contributed by atoms with Crippen LogP contribution in [-0.4, -0.2) is 32.7 Å². The molecule has 0 atom stereocenters. The van der Waals surface area contributed by atoms with Crippen molar-refractivity contribution < 1.29 is 9.53 Å². The maximum atomic E-state index is 11.5. The quantitative estimate of drug-likeness (QED) is 0.679. The molecule has 2 N–H and O–H groups in total. The van der Waals surface area contributed by atoms with Gasteiger partial charge in [0.05, 0.1) is 13.2 Å². The van der Waals surface area contributed by atoms with Gasteiger partial charge in [0.1, 0.15) is 0 Å². The van der Waals surface area contributed by atoms with Crippen LogP contribution >= 0.6 is 0 Å². The van der Waals surface area contributed by atoms with Crippen LogP contribution in [0, 0.1) is 0 Å². The third kappa shape index (κ3) is 5.80. The molecule has 0 radical (unpaired) electrons. The Bertz CT molecular complexity index is 349. The largest absolute Gasteiger partial charge is 0.383 e. The second kappa shape index (κ2) is 8.66. The molecule has 1 aromatic rings. The molecule has 4 heteroatoms. The van der Waals surface area contributed by atoms with Crippen molar-refractivity contribution in [2.24, 2.45) is 0 Å². The van der Waals surface area contributed by atoms with Crippen LogP contribution < -0.4 is 10.6 Å². The summed E-state index contributed by atoms with van der Waals surface area (Å²) in [6, 6.07) is 8.30. The van der Waals surface area contributed by atoms with Crippen molar-refractivity contribution in [3.63, 3.8) is 0 Å². The Kier molecular flexibility index (Phi) is 7.06. The molecule has 18 heavy (non-hydrogen) atoms. The summed E-state index contributed by atoms with van der Waals surface area (Å²) in [6.07, 6.45) is 1.04. The molecular weight excluding hydrogens is 228 g/mol. The second-order valence-electron chi connectivity index (χ2n) is 4.12. The Morgan fingerprint density at radius 1 is 1.22 bits per heavy atom. The number of ether oxygens (including phenoxy) is 1. The minimum absolute atomic E-state index is 0.00525. The average Bonchev–Trinajstić information content (AvgIpc) is 2.42. The van der Waals surface area contributed by atoms with Crippen molar-refractivity contribution in [2.45, 2.75) is 19.9 Å². The van der Waals surface area contributed by atoms with Gasteiger partial charge >= 0.3 is 0 Å². The molecule has 0 saturated carbocycles. The second-order valence-corrected chi connectivity index (χ2v) is 4.12. The number of hydrogen-bond acceptors (Lipinski definition) is 3. The molecule has 100 valence electrons. The summed E-state index contributed by atoms with van der Waals surface area (Å²) < 4.78 is 4.88. The van der Waals surface area contributed by atoms with E-state index < -0.39 is 0 Å². The van der Waals surface area contributed by atoms with Gasteiger partial charge in [-0.25, -0.2) is 0 Å². The average molecular weight is 250 g/mol. The van der Waals surface area contributed by atoms with Crippen molar-refractivity contribution >= 4 is 5.91 Å².